The van der Waals surface area contributed by atoms with Crippen molar-refractivity contribution in [3.05, 3.63) is 57.4 Å². The highest BCUT2D eigenvalue weighted by molar-refractivity contribution is 9.10. The summed E-state index contributed by atoms with van der Waals surface area (Å²) in [6, 6.07) is 14.4. The zero-order valence-corrected chi connectivity index (χ0v) is 14.9. The summed E-state index contributed by atoms with van der Waals surface area (Å²) in [6.07, 6.45) is 0.998. The van der Waals surface area contributed by atoms with Crippen molar-refractivity contribution in [2.24, 2.45) is 0 Å². The van der Waals surface area contributed by atoms with Crippen LogP contribution in [0.15, 0.2) is 46.3 Å². The van der Waals surface area contributed by atoms with Gasteiger partial charge in [0.25, 0.3) is 0 Å². The molecule has 0 spiro atoms. The minimum Gasteiger partial charge on any atom is -0.383 e. The highest BCUT2D eigenvalue weighted by Gasteiger charge is 2.14. The molecule has 3 nitrogen and oxygen atoms in total. The maximum absolute atomic E-state index is 9.42. The number of nitriles is 1. The molecule has 3 rings (SSSR count). The Morgan fingerprint density at radius 1 is 1.26 bits per heavy atom. The van der Waals surface area contributed by atoms with Gasteiger partial charge in [-0.3, -0.25) is 0 Å². The van der Waals surface area contributed by atoms with Crippen LogP contribution in [0.5, 0.6) is 0 Å². The lowest BCUT2D eigenvalue weighted by Gasteiger charge is -2.09. The van der Waals surface area contributed by atoms with Crippen molar-refractivity contribution >= 4 is 33.1 Å². The van der Waals surface area contributed by atoms with Crippen molar-refractivity contribution in [2.45, 2.75) is 13.3 Å². The fourth-order valence-corrected chi connectivity index (χ4v) is 3.84. The second-order valence-corrected chi connectivity index (χ2v) is 6.93. The van der Waals surface area contributed by atoms with Gasteiger partial charge >= 0.3 is 0 Å². The van der Waals surface area contributed by atoms with E-state index in [4.69, 9.17) is 5.73 Å². The largest absolute Gasteiger partial charge is 0.383 e. The lowest BCUT2D eigenvalue weighted by Crippen LogP contribution is -1.99. The molecule has 0 aliphatic heterocycles. The molecular weight excluding hydrogens is 370 g/mol. The van der Waals surface area contributed by atoms with Gasteiger partial charge in [0.2, 0.25) is 0 Å². The van der Waals surface area contributed by atoms with Crippen LogP contribution < -0.4 is 5.73 Å². The molecule has 2 heterocycles. The third-order valence-electron chi connectivity index (χ3n) is 3.65. The number of nitrogen functional groups attached to an aromatic ring is 1. The Morgan fingerprint density at radius 3 is 2.57 bits per heavy atom. The van der Waals surface area contributed by atoms with Crippen LogP contribution in [0.2, 0.25) is 0 Å². The number of hydrogen-bond acceptors (Lipinski definition) is 4. The van der Waals surface area contributed by atoms with E-state index in [0.717, 1.165) is 32.6 Å². The third kappa shape index (κ3) is 3.14. The van der Waals surface area contributed by atoms with Gasteiger partial charge in [0.05, 0.1) is 5.69 Å². The molecule has 5 heteroatoms. The second kappa shape index (κ2) is 6.53. The Labute approximate surface area is 147 Å². The second-order valence-electron chi connectivity index (χ2n) is 5.11. The summed E-state index contributed by atoms with van der Waals surface area (Å²) >= 11 is 5.02. The number of rotatable bonds is 3. The predicted molar refractivity (Wildman–Crippen MR) is 99.2 cm³/mol. The molecule has 114 valence electrons. The quantitative estimate of drug-likeness (QED) is 0.670. The van der Waals surface area contributed by atoms with Gasteiger partial charge in [0.1, 0.15) is 17.5 Å². The van der Waals surface area contributed by atoms with Gasteiger partial charge < -0.3 is 5.73 Å². The Balaban J connectivity index is 2.16. The average Bonchev–Trinajstić information content (AvgIpc) is 3.00. The van der Waals surface area contributed by atoms with E-state index in [2.05, 4.69) is 46.0 Å². The summed E-state index contributed by atoms with van der Waals surface area (Å²) in [7, 11) is 0. The lowest BCUT2D eigenvalue weighted by molar-refractivity contribution is 1.14. The maximum atomic E-state index is 9.42. The van der Waals surface area contributed by atoms with Crippen LogP contribution in [0.1, 0.15) is 18.1 Å². The molecule has 0 radical (unpaired) electrons. The van der Waals surface area contributed by atoms with E-state index in [9.17, 15) is 5.26 Å². The van der Waals surface area contributed by atoms with Gasteiger partial charge in [-0.25, -0.2) is 4.98 Å². The number of thiophene rings is 1. The summed E-state index contributed by atoms with van der Waals surface area (Å²) < 4.78 is 0.991. The maximum Gasteiger partial charge on any atom is 0.142 e. The van der Waals surface area contributed by atoms with Crippen molar-refractivity contribution in [3.8, 4) is 27.8 Å². The first kappa shape index (κ1) is 15.7. The summed E-state index contributed by atoms with van der Waals surface area (Å²) in [5.74, 6) is 0.268. The molecule has 0 unspecified atom stereocenters. The van der Waals surface area contributed by atoms with Gasteiger partial charge in [-0.2, -0.15) is 5.26 Å². The summed E-state index contributed by atoms with van der Waals surface area (Å²) in [5, 5.41) is 11.4. The van der Waals surface area contributed by atoms with E-state index in [1.807, 2.05) is 29.6 Å². The molecule has 0 saturated heterocycles. The Bertz CT molecular complexity index is 892. The van der Waals surface area contributed by atoms with Crippen molar-refractivity contribution in [2.75, 3.05) is 5.73 Å². The normalized spacial score (nSPS) is 10.5. The summed E-state index contributed by atoms with van der Waals surface area (Å²) in [4.78, 5) is 5.41. The van der Waals surface area contributed by atoms with E-state index < -0.39 is 0 Å². The van der Waals surface area contributed by atoms with Crippen molar-refractivity contribution in [1.82, 2.24) is 4.98 Å². The van der Waals surface area contributed by atoms with Crippen LogP contribution in [0.4, 0.5) is 5.82 Å². The first-order chi connectivity index (χ1) is 11.1. The van der Waals surface area contributed by atoms with Crippen LogP contribution in [-0.4, -0.2) is 4.98 Å². The van der Waals surface area contributed by atoms with E-state index in [1.54, 1.807) is 11.3 Å². The van der Waals surface area contributed by atoms with Crippen LogP contribution in [0.3, 0.4) is 0 Å². The SMILES string of the molecule is CCc1ccc(-c2cc(-c3cc(Br)cs3)c(C#N)c(N)n2)cc1. The van der Waals surface area contributed by atoms with Gasteiger partial charge in [-0.05, 0) is 40.0 Å². The number of nitrogens with zero attached hydrogens (tertiary/aromatic N) is 2. The molecule has 1 aromatic carbocycles. The number of anilines is 1. The van der Waals surface area contributed by atoms with Crippen LogP contribution in [0, 0.1) is 11.3 Å². The first-order valence-corrected chi connectivity index (χ1v) is 8.84. The Kier molecular flexibility index (Phi) is 4.46. The summed E-state index contributed by atoms with van der Waals surface area (Å²) in [5.41, 5.74) is 10.3. The van der Waals surface area contributed by atoms with Crippen molar-refractivity contribution < 1.29 is 0 Å². The topological polar surface area (TPSA) is 62.7 Å². The molecule has 0 aliphatic carbocycles. The number of benzene rings is 1. The summed E-state index contributed by atoms with van der Waals surface area (Å²) in [6.45, 7) is 2.12. The minimum absolute atomic E-state index is 0.268. The smallest absolute Gasteiger partial charge is 0.142 e. The van der Waals surface area contributed by atoms with Gasteiger partial charge in [-0.1, -0.05) is 31.2 Å². The zero-order chi connectivity index (χ0) is 16.4. The molecule has 0 saturated carbocycles. The Hall–Kier alpha value is -2.16. The van der Waals surface area contributed by atoms with Gasteiger partial charge in [-0.15, -0.1) is 11.3 Å². The van der Waals surface area contributed by atoms with E-state index >= 15 is 0 Å². The fraction of sp³-hybridized carbons (Fsp3) is 0.111. The lowest BCUT2D eigenvalue weighted by atomic mass is 10.0. The van der Waals surface area contributed by atoms with Crippen LogP contribution >= 0.6 is 27.3 Å². The monoisotopic (exact) mass is 383 g/mol. The van der Waals surface area contributed by atoms with Crippen molar-refractivity contribution in [3.63, 3.8) is 0 Å². The van der Waals surface area contributed by atoms with E-state index in [0.29, 0.717) is 5.56 Å². The molecule has 0 aliphatic rings. The van der Waals surface area contributed by atoms with Crippen molar-refractivity contribution in [1.29, 1.82) is 5.26 Å². The number of nitrogens with two attached hydrogens (primary N) is 1. The molecule has 0 atom stereocenters. The minimum atomic E-state index is 0.268. The number of hydrogen-bond donors (Lipinski definition) is 1. The predicted octanol–water partition coefficient (Wildman–Crippen LogP) is 5.26. The molecular formula is C18H14BrN3S. The zero-order valence-electron chi connectivity index (χ0n) is 12.5. The molecule has 0 amide bonds. The van der Waals surface area contributed by atoms with Crippen LogP contribution in [0.25, 0.3) is 21.7 Å². The van der Waals surface area contributed by atoms with E-state index in [1.165, 1.54) is 5.56 Å². The molecule has 3 aromatic rings. The number of pyridine rings is 1. The molecule has 23 heavy (non-hydrogen) atoms. The standard InChI is InChI=1S/C18H14BrN3S/c1-2-11-3-5-12(6-4-11)16-8-14(15(9-20)18(21)22-16)17-7-13(19)10-23-17/h3-8,10H,2H2,1H3,(H2,21,22). The molecule has 0 fully saturated rings. The highest BCUT2D eigenvalue weighted by atomic mass is 79.9. The number of aryl methyl sites for hydroxylation is 1. The van der Waals surface area contributed by atoms with Crippen LogP contribution in [-0.2, 0) is 6.42 Å². The highest BCUT2D eigenvalue weighted by Crippen LogP contribution is 2.36. The fourth-order valence-electron chi connectivity index (χ4n) is 2.39. The Morgan fingerprint density at radius 2 is 2.00 bits per heavy atom. The van der Waals surface area contributed by atoms with E-state index in [-0.39, 0.29) is 5.82 Å². The number of halogens is 1. The number of aromatic nitrogens is 1. The third-order valence-corrected chi connectivity index (χ3v) is 5.37. The molecule has 0 bridgehead atoms. The first-order valence-electron chi connectivity index (χ1n) is 7.16. The molecule has 2 aromatic heterocycles. The van der Waals surface area contributed by atoms with Gasteiger partial charge in [0, 0.05) is 25.9 Å². The average molecular weight is 384 g/mol. The van der Waals surface area contributed by atoms with Gasteiger partial charge in [0.15, 0.2) is 0 Å². The molecule has 2 N–H and O–H groups in total.